The first kappa shape index (κ1) is 22.5. The van der Waals surface area contributed by atoms with Crippen LogP contribution in [0, 0.1) is 0 Å². The van der Waals surface area contributed by atoms with Crippen LogP contribution in [-0.2, 0) is 10.8 Å². The van der Waals surface area contributed by atoms with Crippen molar-refractivity contribution < 1.29 is 19.7 Å². The lowest BCUT2D eigenvalue weighted by Gasteiger charge is -2.32. The van der Waals surface area contributed by atoms with Crippen molar-refractivity contribution in [1.82, 2.24) is 0 Å². The summed E-state index contributed by atoms with van der Waals surface area (Å²) in [6.45, 7) is 17.3. The first-order valence-electron chi connectivity index (χ1n) is 9.85. The van der Waals surface area contributed by atoms with Gasteiger partial charge in [0.2, 0.25) is 0 Å². The van der Waals surface area contributed by atoms with E-state index in [1.54, 1.807) is 0 Å². The summed E-state index contributed by atoms with van der Waals surface area (Å²) in [7, 11) is 0. The number of phenolic OH excluding ortho intramolecular Hbond substituents is 2. The summed E-state index contributed by atoms with van der Waals surface area (Å²) in [5.74, 6) is 0.943. The molecule has 0 unspecified atom stereocenters. The number of benzene rings is 1. The zero-order valence-electron chi connectivity index (χ0n) is 18.0. The second-order valence-corrected chi connectivity index (χ2v) is 9.01. The molecule has 0 saturated heterocycles. The van der Waals surface area contributed by atoms with Crippen molar-refractivity contribution in [2.24, 2.45) is 0 Å². The van der Waals surface area contributed by atoms with Crippen molar-refractivity contribution in [1.29, 1.82) is 0 Å². The zero-order valence-corrected chi connectivity index (χ0v) is 18.0. The third-order valence-electron chi connectivity index (χ3n) is 4.35. The van der Waals surface area contributed by atoms with Gasteiger partial charge in [-0.1, -0.05) is 68.2 Å². The van der Waals surface area contributed by atoms with Crippen LogP contribution in [0.2, 0.25) is 0 Å². The Bertz CT molecular complexity index is 539. The number of phenols is 2. The molecule has 0 atom stereocenters. The van der Waals surface area contributed by atoms with Gasteiger partial charge in [-0.15, -0.1) is 0 Å². The van der Waals surface area contributed by atoms with Crippen LogP contribution in [0.1, 0.15) is 92.2 Å². The first-order valence-corrected chi connectivity index (χ1v) is 9.85. The summed E-state index contributed by atoms with van der Waals surface area (Å²) in [5, 5.41) is 21.7. The highest BCUT2D eigenvalue weighted by atomic mass is 16.5. The number of hydrogen-bond donors (Lipinski definition) is 2. The predicted octanol–water partition coefficient (Wildman–Crippen LogP) is 6.05. The number of ether oxygens (including phenoxy) is 2. The SMILES string of the molecule is CCCCOc1c(OCCCC)c(C(C)(C)C)c(O)c(O)c1C(C)(C)C. The highest BCUT2D eigenvalue weighted by Crippen LogP contribution is 2.55. The number of rotatable bonds is 8. The van der Waals surface area contributed by atoms with Gasteiger partial charge in [0.1, 0.15) is 0 Å². The Morgan fingerprint density at radius 3 is 1.19 bits per heavy atom. The van der Waals surface area contributed by atoms with Gasteiger partial charge in [-0.25, -0.2) is 0 Å². The normalized spacial score (nSPS) is 12.3. The molecule has 1 rings (SSSR count). The second-order valence-electron chi connectivity index (χ2n) is 9.01. The molecule has 0 aliphatic heterocycles. The Morgan fingerprint density at radius 2 is 0.962 bits per heavy atom. The van der Waals surface area contributed by atoms with Gasteiger partial charge in [0, 0.05) is 11.1 Å². The molecule has 0 bridgehead atoms. The van der Waals surface area contributed by atoms with E-state index < -0.39 is 10.8 Å². The topological polar surface area (TPSA) is 58.9 Å². The Morgan fingerprint density at radius 1 is 0.654 bits per heavy atom. The van der Waals surface area contributed by atoms with Crippen molar-refractivity contribution in [3.63, 3.8) is 0 Å². The van der Waals surface area contributed by atoms with E-state index in [4.69, 9.17) is 9.47 Å². The maximum Gasteiger partial charge on any atom is 0.169 e. The van der Waals surface area contributed by atoms with Gasteiger partial charge in [-0.2, -0.15) is 0 Å². The van der Waals surface area contributed by atoms with Gasteiger partial charge in [0.05, 0.1) is 13.2 Å². The molecular weight excluding hydrogens is 328 g/mol. The highest BCUT2D eigenvalue weighted by molar-refractivity contribution is 5.69. The Balaban J connectivity index is 3.71. The number of aromatic hydroxyl groups is 2. The van der Waals surface area contributed by atoms with Gasteiger partial charge < -0.3 is 19.7 Å². The largest absolute Gasteiger partial charge is 0.504 e. The first-order chi connectivity index (χ1) is 12.0. The Hall–Kier alpha value is -1.58. The molecule has 0 radical (unpaired) electrons. The summed E-state index contributed by atoms with van der Waals surface area (Å²) in [5.41, 5.74) is 0.404. The maximum absolute atomic E-state index is 10.8. The standard InChI is InChI=1S/C22H38O4/c1-9-11-13-25-19-15(21(3,4)5)17(23)18(24)16(22(6,7)8)20(19)26-14-12-10-2/h23-24H,9-14H2,1-8H3. The number of unbranched alkanes of at least 4 members (excludes halogenated alkanes) is 2. The lowest BCUT2D eigenvalue weighted by molar-refractivity contribution is 0.244. The van der Waals surface area contributed by atoms with Crippen molar-refractivity contribution in [2.75, 3.05) is 13.2 Å². The molecule has 4 nitrogen and oxygen atoms in total. The van der Waals surface area contributed by atoms with E-state index in [0.717, 1.165) is 25.7 Å². The molecule has 0 aliphatic rings. The van der Waals surface area contributed by atoms with Crippen LogP contribution >= 0.6 is 0 Å². The lowest BCUT2D eigenvalue weighted by atomic mass is 9.79. The summed E-state index contributed by atoms with van der Waals surface area (Å²) in [6.07, 6.45) is 3.88. The van der Waals surface area contributed by atoms with Crippen LogP contribution in [0.5, 0.6) is 23.0 Å². The minimum absolute atomic E-state index is 0.100. The van der Waals surface area contributed by atoms with Crippen molar-refractivity contribution >= 4 is 0 Å². The molecule has 0 heterocycles. The van der Waals surface area contributed by atoms with Gasteiger partial charge >= 0.3 is 0 Å². The van der Waals surface area contributed by atoms with Crippen molar-refractivity contribution in [3.8, 4) is 23.0 Å². The van der Waals surface area contributed by atoms with Crippen LogP contribution in [0.25, 0.3) is 0 Å². The van der Waals surface area contributed by atoms with Crippen LogP contribution in [0.15, 0.2) is 0 Å². The van der Waals surface area contributed by atoms with Gasteiger partial charge in [0.25, 0.3) is 0 Å². The maximum atomic E-state index is 10.8. The molecule has 150 valence electrons. The molecule has 1 aromatic rings. The fourth-order valence-electron chi connectivity index (χ4n) is 2.98. The van der Waals surface area contributed by atoms with E-state index in [1.165, 1.54) is 0 Å². The molecule has 0 aromatic heterocycles. The van der Waals surface area contributed by atoms with E-state index in [9.17, 15) is 10.2 Å². The summed E-state index contributed by atoms with van der Waals surface area (Å²) < 4.78 is 12.3. The molecule has 26 heavy (non-hydrogen) atoms. The summed E-state index contributed by atoms with van der Waals surface area (Å²) in [6, 6.07) is 0. The minimum atomic E-state index is -0.400. The molecule has 2 N–H and O–H groups in total. The summed E-state index contributed by atoms with van der Waals surface area (Å²) in [4.78, 5) is 0. The molecule has 1 aromatic carbocycles. The monoisotopic (exact) mass is 366 g/mol. The fraction of sp³-hybridized carbons (Fsp3) is 0.727. The van der Waals surface area contributed by atoms with Crippen LogP contribution < -0.4 is 9.47 Å². The molecule has 0 aliphatic carbocycles. The quantitative estimate of drug-likeness (QED) is 0.434. The highest BCUT2D eigenvalue weighted by Gasteiger charge is 2.36. The van der Waals surface area contributed by atoms with Gasteiger partial charge in [-0.3, -0.25) is 0 Å². The van der Waals surface area contributed by atoms with Crippen molar-refractivity contribution in [3.05, 3.63) is 11.1 Å². The van der Waals surface area contributed by atoms with Crippen LogP contribution in [-0.4, -0.2) is 23.4 Å². The fourth-order valence-corrected chi connectivity index (χ4v) is 2.98. The van der Waals surface area contributed by atoms with Gasteiger partial charge in [0.15, 0.2) is 23.0 Å². The molecule has 0 fully saturated rings. The molecular formula is C22H38O4. The molecule has 0 spiro atoms. The minimum Gasteiger partial charge on any atom is -0.504 e. The van der Waals surface area contributed by atoms with E-state index in [1.807, 2.05) is 41.5 Å². The zero-order chi connectivity index (χ0) is 20.1. The summed E-state index contributed by atoms with van der Waals surface area (Å²) >= 11 is 0. The van der Waals surface area contributed by atoms with E-state index in [0.29, 0.717) is 35.8 Å². The van der Waals surface area contributed by atoms with Crippen LogP contribution in [0.4, 0.5) is 0 Å². The van der Waals surface area contributed by atoms with Crippen molar-refractivity contribution in [2.45, 2.75) is 91.9 Å². The van der Waals surface area contributed by atoms with Crippen LogP contribution in [0.3, 0.4) is 0 Å². The molecule has 4 heteroatoms. The Kier molecular flexibility index (Phi) is 7.67. The third kappa shape index (κ3) is 5.21. The Labute approximate surface area is 159 Å². The third-order valence-corrected chi connectivity index (χ3v) is 4.35. The second kappa shape index (κ2) is 8.88. The van der Waals surface area contributed by atoms with Gasteiger partial charge in [-0.05, 0) is 23.7 Å². The van der Waals surface area contributed by atoms with E-state index in [-0.39, 0.29) is 11.5 Å². The van der Waals surface area contributed by atoms with E-state index >= 15 is 0 Å². The van der Waals surface area contributed by atoms with E-state index in [2.05, 4.69) is 13.8 Å². The molecule has 0 saturated carbocycles. The lowest BCUT2D eigenvalue weighted by Crippen LogP contribution is -2.20. The number of hydrogen-bond acceptors (Lipinski definition) is 4. The average Bonchev–Trinajstić information content (AvgIpc) is 2.49. The average molecular weight is 367 g/mol. The smallest absolute Gasteiger partial charge is 0.169 e. The molecule has 0 amide bonds. The predicted molar refractivity (Wildman–Crippen MR) is 108 cm³/mol.